The van der Waals surface area contributed by atoms with Crippen molar-refractivity contribution in [2.24, 2.45) is 0 Å². The zero-order chi connectivity index (χ0) is 16.6. The lowest BCUT2D eigenvalue weighted by Gasteiger charge is -2.33. The number of likely N-dealkylation sites (N-methyl/N-ethyl adjacent to an activating group) is 1. The van der Waals surface area contributed by atoms with Crippen LogP contribution in [0.15, 0.2) is 30.0 Å². The Hall–Kier alpha value is -2.08. The largest absolute Gasteiger partial charge is 0.385 e. The smallest absolute Gasteiger partial charge is 0.327 e. The number of amides is 3. The Labute approximate surface area is 135 Å². The maximum atomic E-state index is 13.0. The van der Waals surface area contributed by atoms with E-state index in [9.17, 15) is 14.7 Å². The van der Waals surface area contributed by atoms with Crippen molar-refractivity contribution in [3.63, 3.8) is 0 Å². The van der Waals surface area contributed by atoms with Gasteiger partial charge in [0.2, 0.25) is 0 Å². The van der Waals surface area contributed by atoms with Crippen LogP contribution in [0.3, 0.4) is 0 Å². The van der Waals surface area contributed by atoms with E-state index in [0.717, 1.165) is 31.3 Å². The molecule has 2 heterocycles. The molecular formula is C17H23N3O3. The van der Waals surface area contributed by atoms with Crippen LogP contribution in [0, 0.1) is 0 Å². The van der Waals surface area contributed by atoms with E-state index in [1.54, 1.807) is 25.4 Å². The summed E-state index contributed by atoms with van der Waals surface area (Å²) in [6, 6.07) is 3.16. The molecule has 0 aromatic carbocycles. The van der Waals surface area contributed by atoms with Crippen molar-refractivity contribution in [1.29, 1.82) is 0 Å². The van der Waals surface area contributed by atoms with Gasteiger partial charge in [0.05, 0.1) is 6.54 Å². The zero-order valence-electron chi connectivity index (χ0n) is 13.6. The number of urea groups is 1. The minimum absolute atomic E-state index is 0.0363. The third-order valence-electron chi connectivity index (χ3n) is 5.10. The first-order chi connectivity index (χ1) is 11.0. The lowest BCUT2D eigenvalue weighted by atomic mass is 9.83. The molecule has 6 nitrogen and oxygen atoms in total. The predicted octanol–water partition coefficient (Wildman–Crippen LogP) is 2.20. The van der Waals surface area contributed by atoms with Crippen LogP contribution in [0.4, 0.5) is 4.79 Å². The molecule has 1 aliphatic carbocycles. The first-order valence-corrected chi connectivity index (χ1v) is 8.07. The number of hydrogen-bond acceptors (Lipinski definition) is 3. The van der Waals surface area contributed by atoms with Gasteiger partial charge in [-0.15, -0.1) is 0 Å². The minimum Gasteiger partial charge on any atom is -0.385 e. The number of carbonyl (C=O) groups is 2. The number of rotatable bonds is 4. The van der Waals surface area contributed by atoms with Crippen LogP contribution in [-0.4, -0.2) is 51.0 Å². The highest BCUT2D eigenvalue weighted by Gasteiger charge is 2.54. The number of nitrogens with one attached hydrogen (secondary N) is 1. The van der Waals surface area contributed by atoms with Crippen molar-refractivity contribution in [1.82, 2.24) is 14.8 Å². The van der Waals surface area contributed by atoms with Gasteiger partial charge in [-0.05, 0) is 50.3 Å². The van der Waals surface area contributed by atoms with Crippen LogP contribution >= 0.6 is 0 Å². The van der Waals surface area contributed by atoms with Gasteiger partial charge in [-0.2, -0.15) is 0 Å². The quantitative estimate of drug-likeness (QED) is 0.660. The van der Waals surface area contributed by atoms with Gasteiger partial charge in [0.15, 0.2) is 0 Å². The number of nitrogens with zero attached hydrogens (tertiary/aromatic N) is 2. The van der Waals surface area contributed by atoms with Gasteiger partial charge in [-0.3, -0.25) is 9.69 Å². The summed E-state index contributed by atoms with van der Waals surface area (Å²) in [5.74, 6) is -0.247. The molecule has 2 atom stereocenters. The van der Waals surface area contributed by atoms with E-state index in [-0.39, 0.29) is 18.5 Å². The third-order valence-corrected chi connectivity index (χ3v) is 5.10. The van der Waals surface area contributed by atoms with Gasteiger partial charge in [-0.25, -0.2) is 4.79 Å². The van der Waals surface area contributed by atoms with Crippen molar-refractivity contribution in [2.45, 2.75) is 44.2 Å². The maximum absolute atomic E-state index is 13.0. The number of β-amino-alcohol motifs (C(OH)–C–C–N with tert-alkyl or cyclic N) is 1. The summed E-state index contributed by atoms with van der Waals surface area (Å²) < 4.78 is 0. The lowest BCUT2D eigenvalue weighted by Crippen LogP contribution is -2.47. The first-order valence-electron chi connectivity index (χ1n) is 8.07. The Bertz CT molecular complexity index is 638. The molecule has 1 aromatic heterocycles. The zero-order valence-corrected chi connectivity index (χ0v) is 13.6. The van der Waals surface area contributed by atoms with Gasteiger partial charge in [0.1, 0.15) is 11.6 Å². The number of allylic oxidation sites excluding steroid dienone is 1. The van der Waals surface area contributed by atoms with Crippen molar-refractivity contribution < 1.29 is 14.7 Å². The van der Waals surface area contributed by atoms with E-state index < -0.39 is 11.6 Å². The number of H-pyrrole nitrogens is 1. The van der Waals surface area contributed by atoms with E-state index in [4.69, 9.17) is 0 Å². The second-order valence-electron chi connectivity index (χ2n) is 6.45. The Morgan fingerprint density at radius 2 is 2.17 bits per heavy atom. The fraction of sp³-hybridized carbons (Fsp3) is 0.529. The standard InChI is InChI=1S/C17H23N3O3/c1-17(12-7-4-3-5-8-12)15(22)20(16(23)19(17)2)11-14(21)13-9-6-10-18-13/h6-7,9-10,14,18,21H,3-5,8,11H2,1-2H3. The number of imide groups is 1. The Balaban J connectivity index is 1.84. The molecule has 0 saturated carbocycles. The second kappa shape index (κ2) is 5.85. The molecule has 2 N–H and O–H groups in total. The number of hydrogen-bond donors (Lipinski definition) is 2. The van der Waals surface area contributed by atoms with E-state index in [0.29, 0.717) is 5.69 Å². The van der Waals surface area contributed by atoms with Crippen LogP contribution in [0.5, 0.6) is 0 Å². The van der Waals surface area contributed by atoms with Gasteiger partial charge >= 0.3 is 6.03 Å². The summed E-state index contributed by atoms with van der Waals surface area (Å²) in [7, 11) is 1.66. The third kappa shape index (κ3) is 2.47. The van der Waals surface area contributed by atoms with Crippen LogP contribution in [0.25, 0.3) is 0 Å². The predicted molar refractivity (Wildman–Crippen MR) is 85.6 cm³/mol. The van der Waals surface area contributed by atoms with Gasteiger partial charge in [0.25, 0.3) is 5.91 Å². The summed E-state index contributed by atoms with van der Waals surface area (Å²) >= 11 is 0. The van der Waals surface area contributed by atoms with Gasteiger partial charge in [0, 0.05) is 18.9 Å². The fourth-order valence-corrected chi connectivity index (χ4v) is 3.48. The van der Waals surface area contributed by atoms with E-state index in [2.05, 4.69) is 11.1 Å². The molecule has 6 heteroatoms. The molecule has 3 amide bonds. The molecule has 2 unspecified atom stereocenters. The summed E-state index contributed by atoms with van der Waals surface area (Å²) in [4.78, 5) is 31.1. The Morgan fingerprint density at radius 1 is 1.39 bits per heavy atom. The van der Waals surface area contributed by atoms with Gasteiger partial charge < -0.3 is 15.0 Å². The summed E-state index contributed by atoms with van der Waals surface area (Å²) in [6.07, 6.45) is 6.85. The van der Waals surface area contributed by atoms with E-state index in [1.165, 1.54) is 9.80 Å². The lowest BCUT2D eigenvalue weighted by molar-refractivity contribution is -0.131. The molecule has 23 heavy (non-hydrogen) atoms. The molecule has 0 bridgehead atoms. The fourth-order valence-electron chi connectivity index (χ4n) is 3.48. The molecule has 0 radical (unpaired) electrons. The van der Waals surface area contributed by atoms with Crippen LogP contribution in [-0.2, 0) is 4.79 Å². The van der Waals surface area contributed by atoms with Crippen molar-refractivity contribution in [3.8, 4) is 0 Å². The summed E-state index contributed by atoms with van der Waals surface area (Å²) in [5, 5.41) is 10.3. The number of aliphatic hydroxyl groups excluding tert-OH is 1. The molecule has 1 fully saturated rings. The normalized spacial score (nSPS) is 26.7. The van der Waals surface area contributed by atoms with Crippen LogP contribution < -0.4 is 0 Å². The van der Waals surface area contributed by atoms with Crippen molar-refractivity contribution in [2.75, 3.05) is 13.6 Å². The summed E-state index contributed by atoms with van der Waals surface area (Å²) in [6.45, 7) is 1.77. The summed E-state index contributed by atoms with van der Waals surface area (Å²) in [5.41, 5.74) is 0.688. The number of aromatic amines is 1. The average Bonchev–Trinajstić information content (AvgIpc) is 3.16. The SMILES string of the molecule is CN1C(=O)N(CC(O)c2ccc[nH]2)C(=O)C1(C)C1=CCCCC1. The molecule has 1 saturated heterocycles. The molecule has 124 valence electrons. The second-order valence-corrected chi connectivity index (χ2v) is 6.45. The van der Waals surface area contributed by atoms with E-state index in [1.807, 2.05) is 6.92 Å². The van der Waals surface area contributed by atoms with Crippen LogP contribution in [0.2, 0.25) is 0 Å². The number of aliphatic hydroxyl groups is 1. The topological polar surface area (TPSA) is 76.6 Å². The van der Waals surface area contributed by atoms with E-state index >= 15 is 0 Å². The highest BCUT2D eigenvalue weighted by molar-refractivity contribution is 6.08. The molecule has 3 rings (SSSR count). The Morgan fingerprint density at radius 3 is 2.78 bits per heavy atom. The number of aromatic nitrogens is 1. The van der Waals surface area contributed by atoms with Crippen molar-refractivity contribution in [3.05, 3.63) is 35.7 Å². The van der Waals surface area contributed by atoms with Gasteiger partial charge in [-0.1, -0.05) is 6.08 Å². The molecular weight excluding hydrogens is 294 g/mol. The highest BCUT2D eigenvalue weighted by Crippen LogP contribution is 2.38. The molecule has 1 aliphatic heterocycles. The molecule has 1 aromatic rings. The highest BCUT2D eigenvalue weighted by atomic mass is 16.3. The minimum atomic E-state index is -0.924. The Kier molecular flexibility index (Phi) is 4.02. The van der Waals surface area contributed by atoms with Crippen LogP contribution in [0.1, 0.15) is 44.4 Å². The van der Waals surface area contributed by atoms with Crippen molar-refractivity contribution >= 4 is 11.9 Å². The average molecular weight is 317 g/mol. The first kappa shape index (κ1) is 15.8. The monoisotopic (exact) mass is 317 g/mol. The molecule has 2 aliphatic rings. The number of carbonyl (C=O) groups excluding carboxylic acids is 2. The molecule has 0 spiro atoms. The maximum Gasteiger partial charge on any atom is 0.327 e.